The molecule has 2 aromatic rings. The summed E-state index contributed by atoms with van der Waals surface area (Å²) in [6, 6.07) is 11.4. The van der Waals surface area contributed by atoms with Gasteiger partial charge in [0.15, 0.2) is 0 Å². The smallest absolute Gasteiger partial charge is 0.138 e. The van der Waals surface area contributed by atoms with Crippen LogP contribution in [-0.2, 0) is 6.61 Å². The number of halogens is 1. The summed E-state index contributed by atoms with van der Waals surface area (Å²) in [6.45, 7) is 2.47. The third-order valence-corrected chi connectivity index (χ3v) is 3.30. The number of nitrogens with zero attached hydrogens (tertiary/aromatic N) is 1. The quantitative estimate of drug-likeness (QED) is 0.905. The van der Waals surface area contributed by atoms with E-state index in [1.165, 1.54) is 0 Å². The van der Waals surface area contributed by atoms with Crippen LogP contribution in [0.5, 0.6) is 5.75 Å². The third-order valence-electron chi connectivity index (χ3n) is 2.93. The minimum atomic E-state index is -0.0161. The third kappa shape index (κ3) is 3.69. The van der Waals surface area contributed by atoms with E-state index in [0.29, 0.717) is 17.4 Å². The Hall–Kier alpha value is -1.58. The number of hydrogen-bond acceptors (Lipinski definition) is 3. The number of rotatable bonds is 5. The molecule has 1 heterocycles. The topological polar surface area (TPSA) is 48.1 Å². The number of nitrogens with two attached hydrogens (primary N) is 1. The van der Waals surface area contributed by atoms with Crippen LogP contribution in [0.2, 0.25) is 5.02 Å². The van der Waals surface area contributed by atoms with Crippen molar-refractivity contribution in [2.45, 2.75) is 26.0 Å². The number of hydrogen-bond donors (Lipinski definition) is 1. The van der Waals surface area contributed by atoms with Crippen LogP contribution < -0.4 is 10.5 Å². The number of ether oxygens (including phenoxy) is 1. The number of pyridine rings is 1. The fraction of sp³-hybridized carbons (Fsp3) is 0.267. The molecule has 1 aromatic carbocycles. The molecular formula is C15H17ClN2O. The van der Waals surface area contributed by atoms with Gasteiger partial charge in [-0.1, -0.05) is 36.7 Å². The van der Waals surface area contributed by atoms with E-state index in [4.69, 9.17) is 22.1 Å². The SMILES string of the molecule is CC[C@H](N)c1ccc(OCc2ccccc2Cl)cn1. The molecule has 2 rings (SSSR count). The van der Waals surface area contributed by atoms with Crippen molar-refractivity contribution in [2.24, 2.45) is 5.73 Å². The van der Waals surface area contributed by atoms with E-state index in [1.807, 2.05) is 43.3 Å². The maximum Gasteiger partial charge on any atom is 0.138 e. The molecule has 4 heteroatoms. The first-order valence-electron chi connectivity index (χ1n) is 6.28. The van der Waals surface area contributed by atoms with Gasteiger partial charge < -0.3 is 10.5 Å². The van der Waals surface area contributed by atoms with Crippen molar-refractivity contribution in [2.75, 3.05) is 0 Å². The summed E-state index contributed by atoms with van der Waals surface area (Å²) in [7, 11) is 0. The highest BCUT2D eigenvalue weighted by atomic mass is 35.5. The second-order valence-electron chi connectivity index (χ2n) is 4.31. The van der Waals surface area contributed by atoms with Crippen LogP contribution in [0.4, 0.5) is 0 Å². The normalized spacial score (nSPS) is 12.2. The Kier molecular flexibility index (Phi) is 4.77. The minimum Gasteiger partial charge on any atom is -0.487 e. The first-order chi connectivity index (χ1) is 9.20. The van der Waals surface area contributed by atoms with Gasteiger partial charge in [-0.3, -0.25) is 4.98 Å². The van der Waals surface area contributed by atoms with Crippen molar-refractivity contribution in [3.8, 4) is 5.75 Å². The summed E-state index contributed by atoms with van der Waals surface area (Å²) < 4.78 is 5.65. The predicted molar refractivity (Wildman–Crippen MR) is 77.2 cm³/mol. The molecule has 0 bridgehead atoms. The molecule has 2 N–H and O–H groups in total. The van der Waals surface area contributed by atoms with Gasteiger partial charge in [0.1, 0.15) is 12.4 Å². The van der Waals surface area contributed by atoms with E-state index in [-0.39, 0.29) is 6.04 Å². The molecule has 0 aliphatic heterocycles. The summed E-state index contributed by atoms with van der Waals surface area (Å²) >= 11 is 6.06. The van der Waals surface area contributed by atoms with E-state index >= 15 is 0 Å². The summed E-state index contributed by atoms with van der Waals surface area (Å²) in [5.41, 5.74) is 7.75. The maximum absolute atomic E-state index is 6.06. The molecule has 19 heavy (non-hydrogen) atoms. The van der Waals surface area contributed by atoms with Crippen LogP contribution in [0.15, 0.2) is 42.6 Å². The van der Waals surface area contributed by atoms with Crippen molar-refractivity contribution in [3.63, 3.8) is 0 Å². The highest BCUT2D eigenvalue weighted by Crippen LogP contribution is 2.19. The standard InChI is InChI=1S/C15H17ClN2O/c1-2-14(17)15-8-7-12(9-18-15)19-10-11-5-3-4-6-13(11)16/h3-9,14H,2,10,17H2,1H3/t14-/m0/s1. The summed E-state index contributed by atoms with van der Waals surface area (Å²) in [6.07, 6.45) is 2.56. The number of benzene rings is 1. The van der Waals surface area contributed by atoms with Crippen LogP contribution in [0.3, 0.4) is 0 Å². The molecule has 0 radical (unpaired) electrons. The van der Waals surface area contributed by atoms with Crippen molar-refractivity contribution < 1.29 is 4.74 Å². The fourth-order valence-corrected chi connectivity index (χ4v) is 1.87. The highest BCUT2D eigenvalue weighted by molar-refractivity contribution is 6.31. The zero-order valence-corrected chi connectivity index (χ0v) is 11.6. The molecule has 0 saturated carbocycles. The molecule has 0 fully saturated rings. The molecular weight excluding hydrogens is 260 g/mol. The van der Waals surface area contributed by atoms with E-state index in [9.17, 15) is 0 Å². The Bertz CT molecular complexity index is 528. The molecule has 0 unspecified atom stereocenters. The lowest BCUT2D eigenvalue weighted by atomic mass is 10.1. The van der Waals surface area contributed by atoms with Gasteiger partial charge in [0.05, 0.1) is 11.9 Å². The Balaban J connectivity index is 1.99. The monoisotopic (exact) mass is 276 g/mol. The van der Waals surface area contributed by atoms with Crippen LogP contribution >= 0.6 is 11.6 Å². The molecule has 0 aliphatic carbocycles. The lowest BCUT2D eigenvalue weighted by Gasteiger charge is -2.10. The molecule has 0 saturated heterocycles. The average Bonchev–Trinajstić information content (AvgIpc) is 2.46. The first kappa shape index (κ1) is 13.8. The zero-order chi connectivity index (χ0) is 13.7. The van der Waals surface area contributed by atoms with Gasteiger partial charge in [0, 0.05) is 16.6 Å². The molecule has 3 nitrogen and oxygen atoms in total. The summed E-state index contributed by atoms with van der Waals surface area (Å²) in [5, 5.41) is 0.708. The Morgan fingerprint density at radius 2 is 2.05 bits per heavy atom. The Morgan fingerprint density at radius 3 is 2.68 bits per heavy atom. The molecule has 100 valence electrons. The second-order valence-corrected chi connectivity index (χ2v) is 4.72. The molecule has 0 amide bonds. The lowest BCUT2D eigenvalue weighted by Crippen LogP contribution is -2.10. The van der Waals surface area contributed by atoms with Gasteiger partial charge in [-0.05, 0) is 24.6 Å². The predicted octanol–water partition coefficient (Wildman–Crippen LogP) is 3.72. The Morgan fingerprint density at radius 1 is 1.26 bits per heavy atom. The average molecular weight is 277 g/mol. The van der Waals surface area contributed by atoms with Gasteiger partial charge >= 0.3 is 0 Å². The molecule has 0 aliphatic rings. The summed E-state index contributed by atoms with van der Waals surface area (Å²) in [4.78, 5) is 4.30. The van der Waals surface area contributed by atoms with E-state index in [2.05, 4.69) is 4.98 Å². The van der Waals surface area contributed by atoms with Gasteiger partial charge in [0.2, 0.25) is 0 Å². The van der Waals surface area contributed by atoms with Crippen molar-refractivity contribution in [1.29, 1.82) is 0 Å². The summed E-state index contributed by atoms with van der Waals surface area (Å²) in [5.74, 6) is 0.715. The van der Waals surface area contributed by atoms with E-state index in [0.717, 1.165) is 17.7 Å². The van der Waals surface area contributed by atoms with E-state index < -0.39 is 0 Å². The largest absolute Gasteiger partial charge is 0.487 e. The minimum absolute atomic E-state index is 0.0161. The van der Waals surface area contributed by atoms with Gasteiger partial charge in [-0.2, -0.15) is 0 Å². The highest BCUT2D eigenvalue weighted by Gasteiger charge is 2.05. The van der Waals surface area contributed by atoms with Crippen molar-refractivity contribution in [1.82, 2.24) is 4.98 Å². The van der Waals surface area contributed by atoms with Crippen LogP contribution in [0.25, 0.3) is 0 Å². The van der Waals surface area contributed by atoms with Gasteiger partial charge in [-0.15, -0.1) is 0 Å². The molecule has 1 atom stereocenters. The van der Waals surface area contributed by atoms with Gasteiger partial charge in [-0.25, -0.2) is 0 Å². The maximum atomic E-state index is 6.06. The van der Waals surface area contributed by atoms with Crippen molar-refractivity contribution in [3.05, 3.63) is 58.9 Å². The van der Waals surface area contributed by atoms with E-state index in [1.54, 1.807) is 6.20 Å². The van der Waals surface area contributed by atoms with Gasteiger partial charge in [0.25, 0.3) is 0 Å². The number of aromatic nitrogens is 1. The Labute approximate surface area is 118 Å². The second kappa shape index (κ2) is 6.55. The van der Waals surface area contributed by atoms with Crippen LogP contribution in [-0.4, -0.2) is 4.98 Å². The van der Waals surface area contributed by atoms with Crippen LogP contribution in [0.1, 0.15) is 30.6 Å². The fourth-order valence-electron chi connectivity index (χ4n) is 1.68. The first-order valence-corrected chi connectivity index (χ1v) is 6.66. The zero-order valence-electron chi connectivity index (χ0n) is 10.8. The molecule has 1 aromatic heterocycles. The lowest BCUT2D eigenvalue weighted by molar-refractivity contribution is 0.305. The van der Waals surface area contributed by atoms with Crippen molar-refractivity contribution >= 4 is 11.6 Å². The molecule has 0 spiro atoms. The van der Waals surface area contributed by atoms with Crippen LogP contribution in [0, 0.1) is 0 Å².